The fraction of sp³-hybridized carbons (Fsp3) is 0.647. The van der Waals surface area contributed by atoms with Crippen LogP contribution in [0.2, 0.25) is 0 Å². The molecule has 0 heterocycles. The molecule has 0 radical (unpaired) electrons. The molecule has 0 saturated carbocycles. The first-order chi connectivity index (χ1) is 8.65. The van der Waals surface area contributed by atoms with Gasteiger partial charge in [0.15, 0.2) is 0 Å². The Morgan fingerprint density at radius 1 is 1.00 bits per heavy atom. The van der Waals surface area contributed by atoms with Crippen LogP contribution in [-0.2, 0) is 6.42 Å². The van der Waals surface area contributed by atoms with Crippen molar-refractivity contribution in [2.45, 2.75) is 65.8 Å². The van der Waals surface area contributed by atoms with E-state index < -0.39 is 0 Å². The molecule has 1 rings (SSSR count). The summed E-state index contributed by atoms with van der Waals surface area (Å²) in [4.78, 5) is 0. The van der Waals surface area contributed by atoms with Crippen molar-refractivity contribution in [1.29, 1.82) is 0 Å². The Labute approximate surface area is 113 Å². The number of unbranched alkanes of at least 4 members (excludes halogenated alkanes) is 2. The maximum absolute atomic E-state index is 3.63. The van der Waals surface area contributed by atoms with Gasteiger partial charge in [0.05, 0.1) is 0 Å². The van der Waals surface area contributed by atoms with Gasteiger partial charge in [0.25, 0.3) is 0 Å². The van der Waals surface area contributed by atoms with Crippen molar-refractivity contribution in [1.82, 2.24) is 5.32 Å². The molecule has 0 aliphatic heterocycles. The van der Waals surface area contributed by atoms with Gasteiger partial charge in [0, 0.05) is 6.04 Å². The average Bonchev–Trinajstić information content (AvgIpc) is 2.28. The zero-order chi connectivity index (χ0) is 13.4. The zero-order valence-electron chi connectivity index (χ0n) is 12.6. The van der Waals surface area contributed by atoms with Gasteiger partial charge < -0.3 is 5.32 Å². The molecule has 0 spiro atoms. The topological polar surface area (TPSA) is 12.0 Å². The predicted molar refractivity (Wildman–Crippen MR) is 81.2 cm³/mol. The van der Waals surface area contributed by atoms with Crippen LogP contribution in [0.5, 0.6) is 0 Å². The van der Waals surface area contributed by atoms with Gasteiger partial charge in [0.1, 0.15) is 0 Å². The lowest BCUT2D eigenvalue weighted by Gasteiger charge is -2.18. The van der Waals surface area contributed by atoms with E-state index in [1.165, 1.54) is 48.8 Å². The van der Waals surface area contributed by atoms with Gasteiger partial charge >= 0.3 is 0 Å². The first kappa shape index (κ1) is 15.2. The zero-order valence-corrected chi connectivity index (χ0v) is 12.6. The standard InChI is InChI=1S/C17H29N/c1-5-7-8-9-17(18-6-2)13-16-11-14(3)10-15(4)12-16/h10-12,17-18H,5-9,13H2,1-4H3. The van der Waals surface area contributed by atoms with Crippen molar-refractivity contribution in [2.24, 2.45) is 0 Å². The first-order valence-electron chi connectivity index (χ1n) is 7.46. The largest absolute Gasteiger partial charge is 0.314 e. The summed E-state index contributed by atoms with van der Waals surface area (Å²) in [5, 5.41) is 3.63. The molecule has 1 N–H and O–H groups in total. The van der Waals surface area contributed by atoms with E-state index in [-0.39, 0.29) is 0 Å². The fourth-order valence-corrected chi connectivity index (χ4v) is 2.68. The number of hydrogen-bond donors (Lipinski definition) is 1. The van der Waals surface area contributed by atoms with Gasteiger partial charge in [-0.05, 0) is 38.8 Å². The Hall–Kier alpha value is -0.820. The van der Waals surface area contributed by atoms with Crippen molar-refractivity contribution >= 4 is 0 Å². The molecule has 0 fully saturated rings. The van der Waals surface area contributed by atoms with Crippen LogP contribution in [0, 0.1) is 13.8 Å². The van der Waals surface area contributed by atoms with Gasteiger partial charge in [-0.2, -0.15) is 0 Å². The fourth-order valence-electron chi connectivity index (χ4n) is 2.68. The van der Waals surface area contributed by atoms with Crippen LogP contribution in [0.15, 0.2) is 18.2 Å². The van der Waals surface area contributed by atoms with Crippen molar-refractivity contribution in [3.8, 4) is 0 Å². The molecule has 0 aliphatic carbocycles. The Bertz CT molecular complexity index is 323. The maximum Gasteiger partial charge on any atom is 0.0107 e. The maximum atomic E-state index is 3.63. The highest BCUT2D eigenvalue weighted by molar-refractivity contribution is 5.29. The van der Waals surface area contributed by atoms with Crippen molar-refractivity contribution < 1.29 is 0 Å². The third kappa shape index (κ3) is 5.68. The van der Waals surface area contributed by atoms with Crippen LogP contribution in [0.4, 0.5) is 0 Å². The van der Waals surface area contributed by atoms with Gasteiger partial charge in [0.2, 0.25) is 0 Å². The third-order valence-corrected chi connectivity index (χ3v) is 3.41. The predicted octanol–water partition coefficient (Wildman–Crippen LogP) is 4.40. The smallest absolute Gasteiger partial charge is 0.0107 e. The van der Waals surface area contributed by atoms with Crippen LogP contribution in [0.1, 0.15) is 56.2 Å². The molecule has 0 saturated heterocycles. The summed E-state index contributed by atoms with van der Waals surface area (Å²) in [7, 11) is 0. The second kappa shape index (κ2) is 8.31. The summed E-state index contributed by atoms with van der Waals surface area (Å²) < 4.78 is 0. The highest BCUT2D eigenvalue weighted by Gasteiger charge is 2.08. The van der Waals surface area contributed by atoms with Crippen LogP contribution in [0.3, 0.4) is 0 Å². The summed E-state index contributed by atoms with van der Waals surface area (Å²) in [5.41, 5.74) is 4.25. The van der Waals surface area contributed by atoms with E-state index in [1.807, 2.05) is 0 Å². The Kier molecular flexibility index (Phi) is 7.04. The third-order valence-electron chi connectivity index (χ3n) is 3.41. The summed E-state index contributed by atoms with van der Waals surface area (Å²) in [6.07, 6.45) is 6.48. The van der Waals surface area contributed by atoms with Crippen molar-refractivity contribution in [3.05, 3.63) is 34.9 Å². The number of rotatable bonds is 8. The summed E-state index contributed by atoms with van der Waals surface area (Å²) >= 11 is 0. The Morgan fingerprint density at radius 2 is 1.67 bits per heavy atom. The van der Waals surface area contributed by atoms with Crippen LogP contribution >= 0.6 is 0 Å². The number of hydrogen-bond acceptors (Lipinski definition) is 1. The van der Waals surface area contributed by atoms with E-state index in [1.54, 1.807) is 0 Å². The molecule has 0 amide bonds. The normalized spacial score (nSPS) is 12.7. The van der Waals surface area contributed by atoms with Gasteiger partial charge in [-0.1, -0.05) is 62.4 Å². The van der Waals surface area contributed by atoms with E-state index in [2.05, 4.69) is 51.2 Å². The van der Waals surface area contributed by atoms with Crippen LogP contribution in [-0.4, -0.2) is 12.6 Å². The molecule has 102 valence electrons. The molecular formula is C17H29N. The van der Waals surface area contributed by atoms with Crippen molar-refractivity contribution in [2.75, 3.05) is 6.54 Å². The lowest BCUT2D eigenvalue weighted by Crippen LogP contribution is -2.31. The molecule has 1 nitrogen and oxygen atoms in total. The summed E-state index contributed by atoms with van der Waals surface area (Å²) in [6.45, 7) is 9.92. The second-order valence-electron chi connectivity index (χ2n) is 5.45. The molecule has 1 unspecified atom stereocenters. The lowest BCUT2D eigenvalue weighted by molar-refractivity contribution is 0.467. The molecule has 1 aromatic rings. The van der Waals surface area contributed by atoms with E-state index in [0.717, 1.165) is 6.54 Å². The summed E-state index contributed by atoms with van der Waals surface area (Å²) in [6, 6.07) is 7.56. The highest BCUT2D eigenvalue weighted by atomic mass is 14.9. The summed E-state index contributed by atoms with van der Waals surface area (Å²) in [5.74, 6) is 0. The Balaban J connectivity index is 2.58. The second-order valence-corrected chi connectivity index (χ2v) is 5.45. The number of aryl methyl sites for hydroxylation is 2. The van der Waals surface area contributed by atoms with Gasteiger partial charge in [-0.15, -0.1) is 0 Å². The minimum atomic E-state index is 0.641. The lowest BCUT2D eigenvalue weighted by atomic mass is 9.97. The van der Waals surface area contributed by atoms with Gasteiger partial charge in [-0.25, -0.2) is 0 Å². The number of likely N-dealkylation sites (N-methyl/N-ethyl adjacent to an activating group) is 1. The van der Waals surface area contributed by atoms with E-state index >= 15 is 0 Å². The minimum Gasteiger partial charge on any atom is -0.314 e. The number of nitrogens with one attached hydrogen (secondary N) is 1. The molecule has 1 atom stereocenters. The monoisotopic (exact) mass is 247 g/mol. The van der Waals surface area contributed by atoms with Gasteiger partial charge in [-0.3, -0.25) is 0 Å². The number of benzene rings is 1. The van der Waals surface area contributed by atoms with E-state index in [9.17, 15) is 0 Å². The molecule has 0 aromatic heterocycles. The molecule has 1 heteroatoms. The first-order valence-corrected chi connectivity index (χ1v) is 7.46. The molecular weight excluding hydrogens is 218 g/mol. The molecule has 1 aromatic carbocycles. The minimum absolute atomic E-state index is 0.641. The quantitative estimate of drug-likeness (QED) is 0.671. The Morgan fingerprint density at radius 3 is 2.22 bits per heavy atom. The molecule has 0 aliphatic rings. The van der Waals surface area contributed by atoms with Crippen LogP contribution in [0.25, 0.3) is 0 Å². The molecule has 0 bridgehead atoms. The molecule has 18 heavy (non-hydrogen) atoms. The van der Waals surface area contributed by atoms with E-state index in [4.69, 9.17) is 0 Å². The highest BCUT2D eigenvalue weighted by Crippen LogP contribution is 2.14. The average molecular weight is 247 g/mol. The SMILES string of the molecule is CCCCCC(Cc1cc(C)cc(C)c1)NCC. The van der Waals surface area contributed by atoms with E-state index in [0.29, 0.717) is 6.04 Å². The van der Waals surface area contributed by atoms with Crippen molar-refractivity contribution in [3.63, 3.8) is 0 Å². The van der Waals surface area contributed by atoms with Crippen LogP contribution < -0.4 is 5.32 Å².